The van der Waals surface area contributed by atoms with E-state index in [1.807, 2.05) is 158 Å². The molecule has 0 aliphatic carbocycles. The highest BCUT2D eigenvalue weighted by atomic mass is 16.3. The summed E-state index contributed by atoms with van der Waals surface area (Å²) >= 11 is 0. The Bertz CT molecular complexity index is 2260. The second kappa shape index (κ2) is 13.3. The molecule has 0 atom stereocenters. The summed E-state index contributed by atoms with van der Waals surface area (Å²) in [6.07, 6.45) is 3.43. The molecule has 6 nitrogen and oxygen atoms in total. The summed E-state index contributed by atoms with van der Waals surface area (Å²) in [6.45, 7) is 0. The minimum absolute atomic E-state index is 0.0967. The summed E-state index contributed by atoms with van der Waals surface area (Å²) in [5.41, 5.74) is 10.0. The van der Waals surface area contributed by atoms with E-state index < -0.39 is 0 Å². The molecule has 238 valence electrons. The molecule has 8 aromatic rings. The zero-order valence-electron chi connectivity index (χ0n) is 26.8. The van der Waals surface area contributed by atoms with Crippen molar-refractivity contribution in [3.8, 4) is 90.2 Å². The van der Waals surface area contributed by atoms with Crippen molar-refractivity contribution in [3.05, 3.63) is 170 Å². The smallest absolute Gasteiger partial charge is 0.134 e. The molecule has 0 bridgehead atoms. The molecule has 8 rings (SSSR count). The highest BCUT2D eigenvalue weighted by Gasteiger charge is 2.19. The van der Waals surface area contributed by atoms with Gasteiger partial charge in [0.2, 0.25) is 0 Å². The molecule has 0 aliphatic heterocycles. The van der Waals surface area contributed by atoms with Crippen molar-refractivity contribution in [2.45, 2.75) is 0 Å². The Morgan fingerprint density at radius 1 is 0.300 bits per heavy atom. The van der Waals surface area contributed by atoms with Gasteiger partial charge >= 0.3 is 0 Å². The Labute approximate surface area is 289 Å². The normalized spacial score (nSPS) is 11.0. The number of pyridine rings is 4. The molecule has 4 heterocycles. The number of aromatic nitrogens is 4. The maximum Gasteiger partial charge on any atom is 0.134 e. The topological polar surface area (TPSA) is 92.0 Å². The molecule has 0 saturated heterocycles. The van der Waals surface area contributed by atoms with E-state index in [0.717, 1.165) is 22.3 Å². The van der Waals surface area contributed by atoms with Gasteiger partial charge in [0.15, 0.2) is 0 Å². The van der Waals surface area contributed by atoms with Crippen LogP contribution in [0.1, 0.15) is 0 Å². The van der Waals surface area contributed by atoms with Crippen molar-refractivity contribution in [2.75, 3.05) is 0 Å². The number of nitrogens with zero attached hydrogens (tertiary/aromatic N) is 4. The van der Waals surface area contributed by atoms with Crippen molar-refractivity contribution in [1.82, 2.24) is 19.9 Å². The van der Waals surface area contributed by atoms with Crippen molar-refractivity contribution in [3.63, 3.8) is 0 Å². The molecule has 0 aliphatic rings. The van der Waals surface area contributed by atoms with Crippen LogP contribution in [-0.4, -0.2) is 30.1 Å². The first-order valence-corrected chi connectivity index (χ1v) is 16.3. The molecule has 4 aromatic heterocycles. The molecule has 50 heavy (non-hydrogen) atoms. The molecule has 0 spiro atoms. The van der Waals surface area contributed by atoms with Gasteiger partial charge in [-0.1, -0.05) is 84.9 Å². The van der Waals surface area contributed by atoms with Gasteiger partial charge in [-0.15, -0.1) is 0 Å². The Hall–Kier alpha value is -6.92. The predicted octanol–water partition coefficient (Wildman–Crippen LogP) is 10.3. The standard InChI is InChI=1S/C44H30N4O2/c49-43-33(37-17-7-9-23-45-37)25-31(29-13-3-1-4-14-29)27-35(43)39-19-11-21-41(47-39)42-22-12-20-40(48-42)36-28-32(30-15-5-2-6-16-30)26-34(44(36)50)38-18-8-10-24-46-38/h1-28,49-50H. The van der Waals surface area contributed by atoms with Crippen LogP contribution in [0, 0.1) is 0 Å². The molecule has 0 saturated carbocycles. The molecule has 2 N–H and O–H groups in total. The molecule has 6 heteroatoms. The van der Waals surface area contributed by atoms with E-state index in [1.165, 1.54) is 0 Å². The maximum atomic E-state index is 11.7. The second-order valence-electron chi connectivity index (χ2n) is 11.8. The molecular formula is C44H30N4O2. The number of benzene rings is 4. The van der Waals surface area contributed by atoms with E-state index >= 15 is 0 Å². The average molecular weight is 647 g/mol. The van der Waals surface area contributed by atoms with E-state index in [2.05, 4.69) is 9.97 Å². The lowest BCUT2D eigenvalue weighted by atomic mass is 9.95. The summed E-state index contributed by atoms with van der Waals surface area (Å²) in [4.78, 5) is 19.1. The van der Waals surface area contributed by atoms with Crippen LogP contribution in [0.4, 0.5) is 0 Å². The fourth-order valence-electron chi connectivity index (χ4n) is 6.14. The summed E-state index contributed by atoms with van der Waals surface area (Å²) in [5.74, 6) is 0.193. The van der Waals surface area contributed by atoms with Crippen LogP contribution in [0.3, 0.4) is 0 Å². The zero-order valence-corrected chi connectivity index (χ0v) is 26.8. The monoisotopic (exact) mass is 646 g/mol. The molecule has 0 amide bonds. The minimum Gasteiger partial charge on any atom is -0.507 e. The van der Waals surface area contributed by atoms with Gasteiger partial charge in [-0.05, 0) is 95.1 Å². The summed E-state index contributed by atoms with van der Waals surface area (Å²) in [7, 11) is 0. The molecule has 0 radical (unpaired) electrons. The van der Waals surface area contributed by atoms with Crippen LogP contribution in [0.25, 0.3) is 78.7 Å². The van der Waals surface area contributed by atoms with Crippen LogP contribution in [0.2, 0.25) is 0 Å². The lowest BCUT2D eigenvalue weighted by Crippen LogP contribution is -1.95. The highest BCUT2D eigenvalue weighted by Crippen LogP contribution is 2.43. The van der Waals surface area contributed by atoms with Crippen molar-refractivity contribution >= 4 is 0 Å². The van der Waals surface area contributed by atoms with Gasteiger partial charge in [0, 0.05) is 34.6 Å². The van der Waals surface area contributed by atoms with Crippen molar-refractivity contribution < 1.29 is 10.2 Å². The van der Waals surface area contributed by atoms with Gasteiger partial charge in [-0.25, -0.2) is 9.97 Å². The third-order valence-corrected chi connectivity index (χ3v) is 8.63. The highest BCUT2D eigenvalue weighted by molar-refractivity contribution is 5.88. The molecule has 0 fully saturated rings. The Morgan fingerprint density at radius 3 is 1.02 bits per heavy atom. The quantitative estimate of drug-likeness (QED) is 0.179. The van der Waals surface area contributed by atoms with Gasteiger partial charge in [-0.3, -0.25) is 9.97 Å². The fourth-order valence-corrected chi connectivity index (χ4v) is 6.14. The SMILES string of the molecule is Oc1c(-c2ccccn2)cc(-c2ccccc2)cc1-c1cccc(-c2cccc(-c3cc(-c4ccccc4)cc(-c4ccccn4)c3O)n2)n1. The summed E-state index contributed by atoms with van der Waals surface area (Å²) < 4.78 is 0. The number of phenolic OH excluding ortho intramolecular Hbond substituents is 2. The van der Waals surface area contributed by atoms with Crippen LogP contribution >= 0.6 is 0 Å². The van der Waals surface area contributed by atoms with Crippen LogP contribution in [0.5, 0.6) is 11.5 Å². The Kier molecular flexibility index (Phi) is 8.09. The molecule has 4 aromatic carbocycles. The number of aromatic hydroxyl groups is 2. The Morgan fingerprint density at radius 2 is 0.640 bits per heavy atom. The fraction of sp³-hybridized carbons (Fsp3) is 0. The summed E-state index contributed by atoms with van der Waals surface area (Å²) in [6, 6.07) is 50.6. The van der Waals surface area contributed by atoms with E-state index in [9.17, 15) is 10.2 Å². The van der Waals surface area contributed by atoms with Gasteiger partial charge < -0.3 is 10.2 Å². The third kappa shape index (κ3) is 5.98. The minimum atomic E-state index is 0.0967. The van der Waals surface area contributed by atoms with Gasteiger partial charge in [0.25, 0.3) is 0 Å². The van der Waals surface area contributed by atoms with Gasteiger partial charge in [0.1, 0.15) is 11.5 Å². The second-order valence-corrected chi connectivity index (χ2v) is 11.8. The first kappa shape index (κ1) is 30.4. The number of phenols is 2. The largest absolute Gasteiger partial charge is 0.507 e. The van der Waals surface area contributed by atoms with E-state index in [-0.39, 0.29) is 11.5 Å². The first-order valence-electron chi connectivity index (χ1n) is 16.3. The van der Waals surface area contributed by atoms with Gasteiger partial charge in [0.05, 0.1) is 34.2 Å². The molecular weight excluding hydrogens is 617 g/mol. The van der Waals surface area contributed by atoms with E-state index in [1.54, 1.807) is 12.4 Å². The maximum absolute atomic E-state index is 11.7. The third-order valence-electron chi connectivity index (χ3n) is 8.63. The van der Waals surface area contributed by atoms with Gasteiger partial charge in [-0.2, -0.15) is 0 Å². The van der Waals surface area contributed by atoms with Crippen molar-refractivity contribution in [1.29, 1.82) is 0 Å². The molecule has 0 unspecified atom stereocenters. The predicted molar refractivity (Wildman–Crippen MR) is 199 cm³/mol. The Balaban J connectivity index is 1.24. The number of rotatable bonds is 7. The first-order chi connectivity index (χ1) is 24.6. The number of hydrogen-bond donors (Lipinski definition) is 2. The average Bonchev–Trinajstić information content (AvgIpc) is 3.19. The van der Waals surface area contributed by atoms with Crippen LogP contribution in [0.15, 0.2) is 170 Å². The van der Waals surface area contributed by atoms with Crippen LogP contribution < -0.4 is 0 Å². The van der Waals surface area contributed by atoms with E-state index in [0.29, 0.717) is 56.4 Å². The summed E-state index contributed by atoms with van der Waals surface area (Å²) in [5, 5.41) is 23.3. The van der Waals surface area contributed by atoms with E-state index in [4.69, 9.17) is 9.97 Å². The van der Waals surface area contributed by atoms with Crippen LogP contribution in [-0.2, 0) is 0 Å². The number of hydrogen-bond acceptors (Lipinski definition) is 6. The zero-order chi connectivity index (χ0) is 33.9. The lowest BCUT2D eigenvalue weighted by molar-refractivity contribution is 0.478. The lowest BCUT2D eigenvalue weighted by Gasteiger charge is -2.15. The van der Waals surface area contributed by atoms with Crippen molar-refractivity contribution in [2.24, 2.45) is 0 Å².